The van der Waals surface area contributed by atoms with E-state index in [2.05, 4.69) is 27.3 Å². The van der Waals surface area contributed by atoms with Gasteiger partial charge in [0.2, 0.25) is 0 Å². The molecule has 17 heavy (non-hydrogen) atoms. The molecule has 0 saturated carbocycles. The van der Waals surface area contributed by atoms with Crippen molar-refractivity contribution in [2.24, 2.45) is 5.41 Å². The molecule has 0 atom stereocenters. The van der Waals surface area contributed by atoms with Gasteiger partial charge in [0.25, 0.3) is 0 Å². The highest BCUT2D eigenvalue weighted by molar-refractivity contribution is 9.10. The Hall–Kier alpha value is -0.720. The van der Waals surface area contributed by atoms with Crippen LogP contribution in [0.1, 0.15) is 26.7 Å². The lowest BCUT2D eigenvalue weighted by atomic mass is 9.90. The second kappa shape index (κ2) is 6.28. The number of nitrogens with one attached hydrogen (secondary N) is 1. The Bertz CT molecular complexity index is 424. The lowest BCUT2D eigenvalue weighted by Crippen LogP contribution is -2.11. The van der Waals surface area contributed by atoms with Gasteiger partial charge < -0.3 is 5.32 Å². The van der Waals surface area contributed by atoms with E-state index in [1.807, 2.05) is 32.0 Å². The van der Waals surface area contributed by atoms with E-state index < -0.39 is 0 Å². The minimum atomic E-state index is -0.243. The highest BCUT2D eigenvalue weighted by Crippen LogP contribution is 2.26. The van der Waals surface area contributed by atoms with Gasteiger partial charge in [0.05, 0.1) is 11.5 Å². The monoisotopic (exact) mass is 314 g/mol. The third-order valence-corrected chi connectivity index (χ3v) is 3.45. The Morgan fingerprint density at radius 3 is 2.82 bits per heavy atom. The molecule has 1 rings (SSSR count). The van der Waals surface area contributed by atoms with Gasteiger partial charge in [-0.3, -0.25) is 0 Å². The summed E-state index contributed by atoms with van der Waals surface area (Å²) in [6.45, 7) is 4.76. The number of benzene rings is 1. The number of halogens is 2. The van der Waals surface area contributed by atoms with E-state index in [0.717, 1.165) is 29.5 Å². The number of hydrogen-bond donors (Lipinski definition) is 1. The van der Waals surface area contributed by atoms with Gasteiger partial charge in [0.1, 0.15) is 0 Å². The predicted molar refractivity (Wildman–Crippen MR) is 76.3 cm³/mol. The molecule has 0 radical (unpaired) electrons. The molecule has 4 heteroatoms. The Morgan fingerprint density at radius 1 is 1.47 bits per heavy atom. The fourth-order valence-corrected chi connectivity index (χ4v) is 2.00. The molecular formula is C13H16BrClN2. The number of nitrogens with zero attached hydrogens (tertiary/aromatic N) is 1. The average molecular weight is 316 g/mol. The molecule has 0 bridgehead atoms. The van der Waals surface area contributed by atoms with Crippen molar-refractivity contribution in [3.63, 3.8) is 0 Å². The molecular weight excluding hydrogens is 300 g/mol. The van der Waals surface area contributed by atoms with Crippen LogP contribution in [0.4, 0.5) is 5.69 Å². The van der Waals surface area contributed by atoms with Crippen molar-refractivity contribution in [3.05, 3.63) is 27.7 Å². The molecule has 2 nitrogen and oxygen atoms in total. The van der Waals surface area contributed by atoms with Crippen LogP contribution < -0.4 is 5.32 Å². The minimum Gasteiger partial charge on any atom is -0.384 e. The van der Waals surface area contributed by atoms with E-state index in [9.17, 15) is 0 Å². The summed E-state index contributed by atoms with van der Waals surface area (Å²) in [6.07, 6.45) is 1.84. The quantitative estimate of drug-likeness (QED) is 0.789. The molecule has 0 heterocycles. The molecule has 0 saturated heterocycles. The summed E-state index contributed by atoms with van der Waals surface area (Å²) in [4.78, 5) is 0. The van der Waals surface area contributed by atoms with Crippen LogP contribution in [0.2, 0.25) is 5.02 Å². The maximum atomic E-state index is 8.90. The highest BCUT2D eigenvalue weighted by atomic mass is 79.9. The number of anilines is 1. The summed E-state index contributed by atoms with van der Waals surface area (Å²) in [6, 6.07) is 7.96. The van der Waals surface area contributed by atoms with E-state index in [1.54, 1.807) is 0 Å². The van der Waals surface area contributed by atoms with Gasteiger partial charge in [-0.05, 0) is 60.8 Å². The smallest absolute Gasteiger partial charge is 0.0683 e. The van der Waals surface area contributed by atoms with Gasteiger partial charge in [0, 0.05) is 21.7 Å². The Kier molecular flexibility index (Phi) is 5.30. The fourth-order valence-electron chi connectivity index (χ4n) is 1.44. The van der Waals surface area contributed by atoms with Crippen LogP contribution >= 0.6 is 27.5 Å². The predicted octanol–water partition coefficient (Wildman–Crippen LogP) is 4.84. The van der Waals surface area contributed by atoms with Crippen LogP contribution in [0.15, 0.2) is 22.7 Å². The van der Waals surface area contributed by atoms with Gasteiger partial charge >= 0.3 is 0 Å². The summed E-state index contributed by atoms with van der Waals surface area (Å²) in [5.41, 5.74) is 0.750. The van der Waals surface area contributed by atoms with Crippen molar-refractivity contribution in [2.75, 3.05) is 11.9 Å². The topological polar surface area (TPSA) is 35.8 Å². The lowest BCUT2D eigenvalue weighted by Gasteiger charge is -2.15. The van der Waals surface area contributed by atoms with E-state index in [0.29, 0.717) is 5.02 Å². The fraction of sp³-hybridized carbons (Fsp3) is 0.462. The third-order valence-electron chi connectivity index (χ3n) is 2.53. The molecule has 0 spiro atoms. The summed E-state index contributed by atoms with van der Waals surface area (Å²) >= 11 is 9.38. The van der Waals surface area contributed by atoms with Crippen LogP contribution in [-0.2, 0) is 0 Å². The largest absolute Gasteiger partial charge is 0.384 e. The van der Waals surface area contributed by atoms with E-state index in [4.69, 9.17) is 16.9 Å². The maximum Gasteiger partial charge on any atom is 0.0683 e. The van der Waals surface area contributed by atoms with Gasteiger partial charge in [0.15, 0.2) is 0 Å². The standard InChI is InChI=1S/C13H16BrClN2/c1-13(2,9-16)6-3-7-17-12-8-10(15)4-5-11(12)14/h4-5,8,17H,3,6-7H2,1-2H3. The number of hydrogen-bond acceptors (Lipinski definition) is 2. The van der Waals surface area contributed by atoms with Crippen LogP contribution in [0.25, 0.3) is 0 Å². The first-order chi connectivity index (χ1) is 7.94. The van der Waals surface area contributed by atoms with Crippen molar-refractivity contribution in [1.29, 1.82) is 5.26 Å². The summed E-state index contributed by atoms with van der Waals surface area (Å²) in [5.74, 6) is 0. The van der Waals surface area contributed by atoms with Crippen molar-refractivity contribution >= 4 is 33.2 Å². The van der Waals surface area contributed by atoms with E-state index in [1.165, 1.54) is 0 Å². The van der Waals surface area contributed by atoms with E-state index in [-0.39, 0.29) is 5.41 Å². The van der Waals surface area contributed by atoms with Gasteiger partial charge in [-0.2, -0.15) is 5.26 Å². The maximum absolute atomic E-state index is 8.90. The van der Waals surface area contributed by atoms with Gasteiger partial charge in [-0.1, -0.05) is 11.6 Å². The van der Waals surface area contributed by atoms with Crippen molar-refractivity contribution in [1.82, 2.24) is 0 Å². The Morgan fingerprint density at radius 2 is 2.18 bits per heavy atom. The van der Waals surface area contributed by atoms with Crippen molar-refractivity contribution in [2.45, 2.75) is 26.7 Å². The van der Waals surface area contributed by atoms with Crippen LogP contribution in [0.5, 0.6) is 0 Å². The molecule has 1 aromatic carbocycles. The molecule has 0 fully saturated rings. The lowest BCUT2D eigenvalue weighted by molar-refractivity contribution is 0.441. The summed E-state index contributed by atoms with van der Waals surface area (Å²) in [5, 5.41) is 12.9. The normalized spacial score (nSPS) is 11.0. The molecule has 1 aromatic rings. The number of rotatable bonds is 5. The van der Waals surface area contributed by atoms with Gasteiger partial charge in [-0.25, -0.2) is 0 Å². The van der Waals surface area contributed by atoms with Crippen LogP contribution in [0.3, 0.4) is 0 Å². The van der Waals surface area contributed by atoms with Crippen LogP contribution in [-0.4, -0.2) is 6.54 Å². The van der Waals surface area contributed by atoms with Gasteiger partial charge in [-0.15, -0.1) is 0 Å². The summed E-state index contributed by atoms with van der Waals surface area (Å²) < 4.78 is 1.00. The van der Waals surface area contributed by atoms with Crippen LogP contribution in [0, 0.1) is 16.7 Å². The highest BCUT2D eigenvalue weighted by Gasteiger charge is 2.15. The Balaban J connectivity index is 2.42. The van der Waals surface area contributed by atoms with Crippen molar-refractivity contribution in [3.8, 4) is 6.07 Å². The molecule has 0 unspecified atom stereocenters. The second-order valence-corrected chi connectivity index (χ2v) is 5.94. The molecule has 1 N–H and O–H groups in total. The molecule has 0 aliphatic rings. The van der Waals surface area contributed by atoms with E-state index >= 15 is 0 Å². The third kappa shape index (κ3) is 4.97. The SMILES string of the molecule is CC(C)(C#N)CCCNc1cc(Cl)ccc1Br. The number of nitriles is 1. The molecule has 0 aliphatic carbocycles. The van der Waals surface area contributed by atoms with Crippen molar-refractivity contribution < 1.29 is 0 Å². The zero-order chi connectivity index (χ0) is 12.9. The average Bonchev–Trinajstić information content (AvgIpc) is 2.29. The molecule has 92 valence electrons. The first-order valence-corrected chi connectivity index (χ1v) is 6.72. The first-order valence-electron chi connectivity index (χ1n) is 5.55. The minimum absolute atomic E-state index is 0.243. The zero-order valence-electron chi connectivity index (χ0n) is 10.1. The molecule has 0 aromatic heterocycles. The zero-order valence-corrected chi connectivity index (χ0v) is 12.4. The first kappa shape index (κ1) is 14.3. The Labute approximate surface area is 116 Å². The molecule has 0 amide bonds. The summed E-state index contributed by atoms with van der Waals surface area (Å²) in [7, 11) is 0. The second-order valence-electron chi connectivity index (χ2n) is 4.65. The molecule has 0 aliphatic heterocycles.